The molecule has 0 N–H and O–H groups in total. The fourth-order valence-electron chi connectivity index (χ4n) is 2.45. The van der Waals surface area contributed by atoms with Gasteiger partial charge in [-0.15, -0.1) is 0 Å². The van der Waals surface area contributed by atoms with Crippen molar-refractivity contribution in [3.63, 3.8) is 0 Å². The Hall–Kier alpha value is -1.55. The van der Waals surface area contributed by atoms with Crippen molar-refractivity contribution in [3.05, 3.63) is 35.9 Å². The maximum atomic E-state index is 12.0. The summed E-state index contributed by atoms with van der Waals surface area (Å²) in [6.45, 7) is 3.84. The van der Waals surface area contributed by atoms with Gasteiger partial charge in [-0.05, 0) is 12.0 Å². The fraction of sp³-hybridized carbons (Fsp3) is 0.533. The van der Waals surface area contributed by atoms with Crippen molar-refractivity contribution in [3.8, 4) is 0 Å². The van der Waals surface area contributed by atoms with E-state index >= 15 is 0 Å². The van der Waals surface area contributed by atoms with E-state index in [9.17, 15) is 4.79 Å². The molecular weight excluding hydrogens is 242 g/mol. The molecule has 4 nitrogen and oxygen atoms in total. The minimum Gasteiger partial charge on any atom is -0.445 e. The summed E-state index contributed by atoms with van der Waals surface area (Å²) < 4.78 is 10.7. The second kappa shape index (κ2) is 6.57. The summed E-state index contributed by atoms with van der Waals surface area (Å²) in [7, 11) is 1.73. The van der Waals surface area contributed by atoms with E-state index in [1.807, 2.05) is 30.3 Å². The molecule has 1 amide bonds. The molecular formula is C15H21NO3. The van der Waals surface area contributed by atoms with Crippen molar-refractivity contribution in [2.75, 3.05) is 20.2 Å². The van der Waals surface area contributed by atoms with Gasteiger partial charge in [0.1, 0.15) is 6.61 Å². The van der Waals surface area contributed by atoms with Gasteiger partial charge in [-0.25, -0.2) is 4.79 Å². The fourth-order valence-corrected chi connectivity index (χ4v) is 2.45. The average Bonchev–Trinajstić information content (AvgIpc) is 2.45. The van der Waals surface area contributed by atoms with E-state index in [-0.39, 0.29) is 12.2 Å². The van der Waals surface area contributed by atoms with Crippen molar-refractivity contribution in [1.82, 2.24) is 4.90 Å². The standard InChI is InChI=1S/C15H21NO3/c1-12-10-16(9-8-14(12)18-2)15(17)19-11-13-6-4-3-5-7-13/h3-7,12,14H,8-11H2,1-2H3/t12-,14-/m0/s1. The zero-order chi connectivity index (χ0) is 13.7. The highest BCUT2D eigenvalue weighted by Crippen LogP contribution is 2.20. The predicted molar refractivity (Wildman–Crippen MR) is 72.8 cm³/mol. The first kappa shape index (κ1) is 13.9. The highest BCUT2D eigenvalue weighted by molar-refractivity contribution is 5.67. The van der Waals surface area contributed by atoms with Crippen molar-refractivity contribution in [2.45, 2.75) is 26.1 Å². The topological polar surface area (TPSA) is 38.8 Å². The summed E-state index contributed by atoms with van der Waals surface area (Å²) in [5, 5.41) is 0. The Kier molecular flexibility index (Phi) is 4.80. The van der Waals surface area contributed by atoms with Crippen LogP contribution in [0.15, 0.2) is 30.3 Å². The second-order valence-electron chi connectivity index (χ2n) is 5.03. The van der Waals surface area contributed by atoms with Crippen LogP contribution in [-0.2, 0) is 16.1 Å². The molecule has 4 heteroatoms. The van der Waals surface area contributed by atoms with Crippen LogP contribution in [0.5, 0.6) is 0 Å². The van der Waals surface area contributed by atoms with Gasteiger partial charge in [-0.3, -0.25) is 0 Å². The number of hydrogen-bond donors (Lipinski definition) is 0. The molecule has 1 aromatic rings. The van der Waals surface area contributed by atoms with E-state index in [0.29, 0.717) is 25.6 Å². The molecule has 1 aromatic carbocycles. The Morgan fingerprint density at radius 2 is 2.11 bits per heavy atom. The molecule has 1 heterocycles. The van der Waals surface area contributed by atoms with Crippen LogP contribution in [0.4, 0.5) is 4.79 Å². The highest BCUT2D eigenvalue weighted by atomic mass is 16.6. The zero-order valence-electron chi connectivity index (χ0n) is 11.5. The number of hydrogen-bond acceptors (Lipinski definition) is 3. The maximum Gasteiger partial charge on any atom is 0.410 e. The lowest BCUT2D eigenvalue weighted by Gasteiger charge is -2.35. The first-order valence-electron chi connectivity index (χ1n) is 6.69. The molecule has 1 saturated heterocycles. The molecule has 2 atom stereocenters. The Morgan fingerprint density at radius 1 is 1.37 bits per heavy atom. The number of nitrogens with zero attached hydrogens (tertiary/aromatic N) is 1. The SMILES string of the molecule is CO[C@H]1CCN(C(=O)OCc2ccccc2)C[C@@H]1C. The lowest BCUT2D eigenvalue weighted by molar-refractivity contribution is -0.00212. The monoisotopic (exact) mass is 263 g/mol. The van der Waals surface area contributed by atoms with E-state index in [1.165, 1.54) is 0 Å². The van der Waals surface area contributed by atoms with Gasteiger partial charge in [0.05, 0.1) is 6.10 Å². The number of carbonyl (C=O) groups excluding carboxylic acids is 1. The van der Waals surface area contributed by atoms with Crippen molar-refractivity contribution >= 4 is 6.09 Å². The normalized spacial score (nSPS) is 23.2. The maximum absolute atomic E-state index is 12.0. The zero-order valence-corrected chi connectivity index (χ0v) is 11.5. The van der Waals surface area contributed by atoms with Crippen molar-refractivity contribution < 1.29 is 14.3 Å². The molecule has 2 rings (SSSR count). The molecule has 1 aliphatic heterocycles. The number of carbonyl (C=O) groups is 1. The van der Waals surface area contributed by atoms with Gasteiger partial charge in [-0.2, -0.15) is 0 Å². The molecule has 0 bridgehead atoms. The third-order valence-corrected chi connectivity index (χ3v) is 3.59. The number of methoxy groups -OCH3 is 1. The van der Waals surface area contributed by atoms with Gasteiger partial charge < -0.3 is 14.4 Å². The van der Waals surface area contributed by atoms with Crippen LogP contribution < -0.4 is 0 Å². The van der Waals surface area contributed by atoms with E-state index < -0.39 is 0 Å². The molecule has 19 heavy (non-hydrogen) atoms. The van der Waals surface area contributed by atoms with E-state index in [4.69, 9.17) is 9.47 Å². The predicted octanol–water partition coefficient (Wildman–Crippen LogP) is 2.68. The van der Waals surface area contributed by atoms with Gasteiger partial charge >= 0.3 is 6.09 Å². The third kappa shape index (κ3) is 3.70. The summed E-state index contributed by atoms with van der Waals surface area (Å²) in [6.07, 6.45) is 0.890. The number of benzene rings is 1. The first-order chi connectivity index (χ1) is 9.20. The minimum absolute atomic E-state index is 0.231. The van der Waals surface area contributed by atoms with Crippen molar-refractivity contribution in [2.24, 2.45) is 5.92 Å². The molecule has 0 unspecified atom stereocenters. The van der Waals surface area contributed by atoms with Gasteiger partial charge in [0.15, 0.2) is 0 Å². The Labute approximate surface area is 114 Å². The lowest BCUT2D eigenvalue weighted by Crippen LogP contribution is -2.45. The molecule has 0 saturated carbocycles. The van der Waals surface area contributed by atoms with Crippen LogP contribution in [0.25, 0.3) is 0 Å². The van der Waals surface area contributed by atoms with Crippen LogP contribution in [0.1, 0.15) is 18.9 Å². The lowest BCUT2D eigenvalue weighted by atomic mass is 9.97. The summed E-state index contributed by atoms with van der Waals surface area (Å²) in [4.78, 5) is 13.7. The summed E-state index contributed by atoms with van der Waals surface area (Å²) in [6, 6.07) is 9.73. The molecule has 0 aliphatic carbocycles. The minimum atomic E-state index is -0.231. The van der Waals surface area contributed by atoms with Gasteiger partial charge in [-0.1, -0.05) is 37.3 Å². The second-order valence-corrected chi connectivity index (χ2v) is 5.03. The van der Waals surface area contributed by atoms with Crippen LogP contribution >= 0.6 is 0 Å². The van der Waals surface area contributed by atoms with E-state index in [1.54, 1.807) is 12.0 Å². The molecule has 0 aromatic heterocycles. The molecule has 0 radical (unpaired) electrons. The van der Waals surface area contributed by atoms with Crippen LogP contribution in [0.2, 0.25) is 0 Å². The van der Waals surface area contributed by atoms with Gasteiger partial charge in [0.25, 0.3) is 0 Å². The Balaban J connectivity index is 1.81. The Morgan fingerprint density at radius 3 is 2.74 bits per heavy atom. The smallest absolute Gasteiger partial charge is 0.410 e. The first-order valence-corrected chi connectivity index (χ1v) is 6.69. The van der Waals surface area contributed by atoms with Crippen LogP contribution in [0, 0.1) is 5.92 Å². The van der Waals surface area contributed by atoms with E-state index in [2.05, 4.69) is 6.92 Å². The van der Waals surface area contributed by atoms with E-state index in [0.717, 1.165) is 12.0 Å². The van der Waals surface area contributed by atoms with Crippen molar-refractivity contribution in [1.29, 1.82) is 0 Å². The summed E-state index contributed by atoms with van der Waals surface area (Å²) in [5.74, 6) is 0.350. The highest BCUT2D eigenvalue weighted by Gasteiger charge is 2.29. The van der Waals surface area contributed by atoms with Crippen LogP contribution in [0.3, 0.4) is 0 Å². The number of likely N-dealkylation sites (tertiary alicyclic amines) is 1. The molecule has 104 valence electrons. The molecule has 0 spiro atoms. The number of rotatable bonds is 3. The van der Waals surface area contributed by atoms with Crippen LogP contribution in [-0.4, -0.2) is 37.3 Å². The molecule has 1 fully saturated rings. The Bertz CT molecular complexity index is 407. The van der Waals surface area contributed by atoms with Gasteiger partial charge in [0, 0.05) is 26.1 Å². The van der Waals surface area contributed by atoms with Gasteiger partial charge in [0.2, 0.25) is 0 Å². The average molecular weight is 263 g/mol. The number of ether oxygens (including phenoxy) is 2. The third-order valence-electron chi connectivity index (χ3n) is 3.59. The number of piperidine rings is 1. The summed E-state index contributed by atoms with van der Waals surface area (Å²) in [5.41, 5.74) is 1.01. The quantitative estimate of drug-likeness (QED) is 0.841. The number of amides is 1. The largest absolute Gasteiger partial charge is 0.445 e. The summed E-state index contributed by atoms with van der Waals surface area (Å²) >= 11 is 0. The molecule has 1 aliphatic rings.